The zero-order chi connectivity index (χ0) is 34.2. The molecule has 0 spiro atoms. The summed E-state index contributed by atoms with van der Waals surface area (Å²) in [7, 11) is 1.26. The number of carbonyl (C=O) groups excluding carboxylic acids is 2. The van der Waals surface area contributed by atoms with Gasteiger partial charge in [-0.3, -0.25) is 4.79 Å². The Morgan fingerprint density at radius 1 is 0.750 bits per heavy atom. The van der Waals surface area contributed by atoms with Crippen LogP contribution in [0.5, 0.6) is 5.75 Å². The summed E-state index contributed by atoms with van der Waals surface area (Å²) in [5, 5.41) is 0. The molecule has 48 heavy (non-hydrogen) atoms. The van der Waals surface area contributed by atoms with Crippen molar-refractivity contribution in [1.82, 2.24) is 4.31 Å². The number of furan rings is 1. The summed E-state index contributed by atoms with van der Waals surface area (Å²) in [6, 6.07) is 25.9. The average molecular weight is 683 g/mol. The maximum Gasteiger partial charge on any atom is 0.342 e. The third kappa shape index (κ3) is 8.22. The molecule has 0 N–H and O–H groups in total. The molecule has 7 nitrogen and oxygen atoms in total. The largest absolute Gasteiger partial charge is 0.488 e. The van der Waals surface area contributed by atoms with E-state index in [9.17, 15) is 31.5 Å². The minimum absolute atomic E-state index is 0.00962. The van der Waals surface area contributed by atoms with E-state index in [1.54, 1.807) is 12.1 Å². The van der Waals surface area contributed by atoms with Gasteiger partial charge < -0.3 is 18.8 Å². The Balaban J connectivity index is 1.42. The molecule has 0 radical (unpaired) electrons. The summed E-state index contributed by atoms with van der Waals surface area (Å²) in [6.07, 6.45) is 1.41. The van der Waals surface area contributed by atoms with Crippen molar-refractivity contribution in [3.63, 3.8) is 0 Å². The van der Waals surface area contributed by atoms with Crippen LogP contribution in [0.1, 0.15) is 27.2 Å². The van der Waals surface area contributed by atoms with E-state index in [2.05, 4.69) is 0 Å². The highest BCUT2D eigenvalue weighted by atomic mass is 32.2. The zero-order valence-corrected chi connectivity index (χ0v) is 26.1. The Hall–Kier alpha value is -5.14. The zero-order valence-electron chi connectivity index (χ0n) is 25.3. The maximum atomic E-state index is 14.3. The van der Waals surface area contributed by atoms with Crippen LogP contribution in [-0.4, -0.2) is 29.8 Å². The lowest BCUT2D eigenvalue weighted by atomic mass is 10.1. The van der Waals surface area contributed by atoms with Gasteiger partial charge in [-0.1, -0.05) is 60.7 Å². The third-order valence-electron chi connectivity index (χ3n) is 6.92. The summed E-state index contributed by atoms with van der Waals surface area (Å²) in [5.41, 5.74) is 1.93. The van der Waals surface area contributed by atoms with Gasteiger partial charge in [-0.15, -0.1) is 0 Å². The fraction of sp³-hybridized carbons (Fsp3) is 0.143. The highest BCUT2D eigenvalue weighted by molar-refractivity contribution is 7.97. The number of esters is 1. The van der Waals surface area contributed by atoms with Crippen LogP contribution in [0.25, 0.3) is 0 Å². The van der Waals surface area contributed by atoms with Gasteiger partial charge in [-0.25, -0.2) is 31.1 Å². The summed E-state index contributed by atoms with van der Waals surface area (Å²) in [6.45, 7) is -0.554. The van der Waals surface area contributed by atoms with Crippen LogP contribution in [0.3, 0.4) is 0 Å². The van der Waals surface area contributed by atoms with Crippen molar-refractivity contribution >= 4 is 29.5 Å². The molecule has 5 rings (SSSR count). The quantitative estimate of drug-likeness (QED) is 0.0409. The molecular weight excluding hydrogens is 655 g/mol. The first kappa shape index (κ1) is 34.2. The second kappa shape index (κ2) is 15.6. The van der Waals surface area contributed by atoms with Crippen LogP contribution in [0.4, 0.5) is 27.6 Å². The Morgan fingerprint density at radius 2 is 1.35 bits per heavy atom. The fourth-order valence-corrected chi connectivity index (χ4v) is 5.34. The molecule has 5 aromatic rings. The molecule has 1 heterocycles. The molecule has 0 bridgehead atoms. The molecule has 4 aromatic carbocycles. The summed E-state index contributed by atoms with van der Waals surface area (Å²) >= 11 is 0.181. The van der Waals surface area contributed by atoms with Crippen molar-refractivity contribution in [3.05, 3.63) is 149 Å². The second-order valence-electron chi connectivity index (χ2n) is 10.4. The predicted octanol–water partition coefficient (Wildman–Crippen LogP) is 8.08. The highest BCUT2D eigenvalue weighted by Gasteiger charge is 2.29. The van der Waals surface area contributed by atoms with Crippen LogP contribution >= 0.6 is 11.9 Å². The Morgan fingerprint density at radius 3 is 1.96 bits per heavy atom. The Bertz CT molecular complexity index is 1850. The van der Waals surface area contributed by atoms with Crippen LogP contribution < -0.4 is 9.64 Å². The number of anilines is 1. The first-order valence-corrected chi connectivity index (χ1v) is 15.1. The monoisotopic (exact) mass is 682 g/mol. The number of hydrogen-bond donors (Lipinski definition) is 0. The van der Waals surface area contributed by atoms with Gasteiger partial charge in [-0.2, -0.15) is 0 Å². The van der Waals surface area contributed by atoms with Gasteiger partial charge in [-0.05, 0) is 54.4 Å². The van der Waals surface area contributed by atoms with Crippen molar-refractivity contribution in [2.45, 2.75) is 24.7 Å². The van der Waals surface area contributed by atoms with Crippen LogP contribution in [0.2, 0.25) is 0 Å². The minimum atomic E-state index is -2.28. The van der Waals surface area contributed by atoms with Crippen LogP contribution in [0, 0.1) is 29.1 Å². The van der Waals surface area contributed by atoms with E-state index in [-0.39, 0.29) is 48.7 Å². The SMILES string of the molecule is CN(CC(=O)N(Cc1ccco1)c1ccc(C(=O)OCc2ccccc2)c(OCc2ccccc2)c1)Sc1c(F)c(F)c(F)c(F)c1F. The molecule has 0 saturated carbocycles. The molecule has 0 aliphatic heterocycles. The molecule has 0 saturated heterocycles. The smallest absolute Gasteiger partial charge is 0.342 e. The molecule has 248 valence electrons. The van der Waals surface area contributed by atoms with E-state index in [4.69, 9.17) is 13.9 Å². The first-order valence-electron chi connectivity index (χ1n) is 14.4. The number of halogens is 5. The van der Waals surface area contributed by atoms with Crippen molar-refractivity contribution in [2.75, 3.05) is 18.5 Å². The van der Waals surface area contributed by atoms with Gasteiger partial charge in [0.15, 0.2) is 23.3 Å². The summed E-state index contributed by atoms with van der Waals surface area (Å²) in [5.74, 6) is -11.3. The number of ether oxygens (including phenoxy) is 2. The number of hydrogen-bond acceptors (Lipinski definition) is 7. The van der Waals surface area contributed by atoms with E-state index in [0.29, 0.717) is 5.76 Å². The lowest BCUT2D eigenvalue weighted by molar-refractivity contribution is -0.118. The van der Waals surface area contributed by atoms with Crippen molar-refractivity contribution in [1.29, 1.82) is 0 Å². The topological polar surface area (TPSA) is 72.2 Å². The van der Waals surface area contributed by atoms with Crippen molar-refractivity contribution in [3.8, 4) is 5.75 Å². The van der Waals surface area contributed by atoms with Crippen LogP contribution in [-0.2, 0) is 29.3 Å². The number of benzene rings is 4. The molecule has 1 amide bonds. The predicted molar refractivity (Wildman–Crippen MR) is 167 cm³/mol. The second-order valence-corrected chi connectivity index (χ2v) is 11.6. The fourth-order valence-electron chi connectivity index (χ4n) is 4.51. The molecule has 0 atom stereocenters. The maximum absolute atomic E-state index is 14.3. The summed E-state index contributed by atoms with van der Waals surface area (Å²) < 4.78 is 87.9. The minimum Gasteiger partial charge on any atom is -0.488 e. The molecule has 13 heteroatoms. The number of rotatable bonds is 13. The molecule has 1 aromatic heterocycles. The highest BCUT2D eigenvalue weighted by Crippen LogP contribution is 2.33. The van der Waals surface area contributed by atoms with Gasteiger partial charge in [0.25, 0.3) is 0 Å². The van der Waals surface area contributed by atoms with Gasteiger partial charge in [0, 0.05) is 11.8 Å². The number of nitrogens with zero attached hydrogens (tertiary/aromatic N) is 2. The lowest BCUT2D eigenvalue weighted by Gasteiger charge is -2.25. The molecule has 0 aliphatic rings. The van der Waals surface area contributed by atoms with Gasteiger partial charge in [0.1, 0.15) is 35.2 Å². The number of amides is 1. The Labute approximate surface area is 276 Å². The number of carbonyl (C=O) groups is 2. The third-order valence-corrected chi connectivity index (χ3v) is 7.90. The van der Waals surface area contributed by atoms with Gasteiger partial charge in [0.05, 0.1) is 19.4 Å². The van der Waals surface area contributed by atoms with E-state index < -0.39 is 52.4 Å². The molecule has 0 unspecified atom stereocenters. The van der Waals surface area contributed by atoms with Gasteiger partial charge >= 0.3 is 5.97 Å². The lowest BCUT2D eigenvalue weighted by Crippen LogP contribution is -2.37. The normalized spacial score (nSPS) is 11.1. The van der Waals surface area contributed by atoms with Gasteiger partial charge in [0.2, 0.25) is 11.7 Å². The number of likely N-dealkylation sites (N-methyl/N-ethyl adjacent to an activating group) is 1. The Kier molecular flexibility index (Phi) is 11.1. The first-order chi connectivity index (χ1) is 23.1. The van der Waals surface area contributed by atoms with E-state index in [0.717, 1.165) is 15.4 Å². The van der Waals surface area contributed by atoms with Crippen molar-refractivity contribution < 1.29 is 45.4 Å². The van der Waals surface area contributed by atoms with E-state index in [1.807, 2.05) is 60.7 Å². The van der Waals surface area contributed by atoms with Crippen LogP contribution in [0.15, 0.2) is 107 Å². The molecule has 0 fully saturated rings. The van der Waals surface area contributed by atoms with Crippen molar-refractivity contribution in [2.24, 2.45) is 0 Å². The van der Waals surface area contributed by atoms with E-state index >= 15 is 0 Å². The van der Waals surface area contributed by atoms with E-state index in [1.165, 1.54) is 36.4 Å². The standard InChI is InChI=1S/C35H27F5N2O5S/c1-41(48-34-32(39)30(37)29(36)31(38)33(34)40)19-28(43)42(18-25-13-8-16-45-25)24-14-15-26(35(44)47-21-23-11-6-3-7-12-23)27(17-24)46-20-22-9-4-2-5-10-22/h2-17H,18-21H2,1H3. The molecule has 0 aliphatic carbocycles. The average Bonchev–Trinajstić information content (AvgIpc) is 3.63. The molecular formula is C35H27F5N2O5S. The summed E-state index contributed by atoms with van der Waals surface area (Å²) in [4.78, 5) is 27.0.